The number of hydrogen-bond acceptors (Lipinski definition) is 14. The van der Waals surface area contributed by atoms with E-state index in [4.69, 9.17) is 28.7 Å². The summed E-state index contributed by atoms with van der Waals surface area (Å²) >= 11 is 0. The Bertz CT molecular complexity index is 2480. The zero-order chi connectivity index (χ0) is 55.9. The van der Waals surface area contributed by atoms with E-state index in [-0.39, 0.29) is 89.1 Å². The Morgan fingerprint density at radius 3 is 2.12 bits per heavy atom. The van der Waals surface area contributed by atoms with Crippen molar-refractivity contribution in [1.82, 2.24) is 52.8 Å². The Morgan fingerprint density at radius 2 is 1.43 bits per heavy atom. The summed E-state index contributed by atoms with van der Waals surface area (Å²) in [6, 6.07) is 7.65. The second-order valence-corrected chi connectivity index (χ2v) is 19.5. The fraction of sp³-hybridized carbons (Fsp3) is 0.549. The van der Waals surface area contributed by atoms with E-state index in [1.807, 2.05) is 24.3 Å². The van der Waals surface area contributed by atoms with Crippen LogP contribution in [0.4, 0.5) is 0 Å². The Kier molecular flexibility index (Phi) is 24.3. The lowest BCUT2D eigenvalue weighted by Gasteiger charge is -2.31. The number of H-pyrrole nitrogens is 1. The van der Waals surface area contributed by atoms with Gasteiger partial charge in [-0.1, -0.05) is 48.5 Å². The van der Waals surface area contributed by atoms with Gasteiger partial charge in [-0.05, 0) is 94.4 Å². The summed E-state index contributed by atoms with van der Waals surface area (Å²) in [6.45, 7) is 1.50. The van der Waals surface area contributed by atoms with Crippen LogP contribution in [0, 0.1) is 0 Å². The molecule has 2 unspecified atom stereocenters. The molecule has 9 atom stereocenters. The van der Waals surface area contributed by atoms with Crippen LogP contribution in [0.2, 0.25) is 0 Å². The molecule has 77 heavy (non-hydrogen) atoms. The lowest BCUT2D eigenvalue weighted by molar-refractivity contribution is -0.134. The van der Waals surface area contributed by atoms with Gasteiger partial charge >= 0.3 is 0 Å². The number of para-hydroxylation sites is 1. The third-order valence-corrected chi connectivity index (χ3v) is 13.1. The minimum Gasteiger partial charge on any atom is -0.376 e. The van der Waals surface area contributed by atoms with Crippen molar-refractivity contribution in [2.75, 3.05) is 26.2 Å². The normalized spacial score (nSPS) is 23.4. The van der Waals surface area contributed by atoms with Crippen LogP contribution >= 0.6 is 0 Å². The number of amides is 7. The van der Waals surface area contributed by atoms with Gasteiger partial charge in [0.15, 0.2) is 11.9 Å². The van der Waals surface area contributed by atoms with E-state index in [1.165, 1.54) is 6.92 Å². The highest BCUT2D eigenvalue weighted by molar-refractivity contribution is 5.95. The number of carbonyl (C=O) groups is 7. The molecule has 26 nitrogen and oxygen atoms in total. The summed E-state index contributed by atoms with van der Waals surface area (Å²) in [4.78, 5) is 109. The van der Waals surface area contributed by atoms with Gasteiger partial charge in [0, 0.05) is 56.1 Å². The number of nitrogens with two attached hydrogens (primary N) is 5. The summed E-state index contributed by atoms with van der Waals surface area (Å²) in [5.74, 6) is -4.92. The number of guanidine groups is 2. The molecule has 1 aliphatic heterocycles. The van der Waals surface area contributed by atoms with E-state index < -0.39 is 103 Å². The number of aliphatic hydroxyl groups excluding tert-OH is 2. The number of hydrogen-bond donors (Lipinski definition) is 17. The maximum atomic E-state index is 14.7. The van der Waals surface area contributed by atoms with Crippen molar-refractivity contribution in [3.8, 4) is 0 Å². The summed E-state index contributed by atoms with van der Waals surface area (Å²) in [5, 5.41) is 49.9. The van der Waals surface area contributed by atoms with E-state index >= 15 is 0 Å². The van der Waals surface area contributed by atoms with E-state index in [0.717, 1.165) is 29.3 Å². The standard InChI is InChI=1S/C51H79N17O9/c1-29(69)61-35(16-9-23-58-50(53)54)44(72)68-41-27-42(70)57-22-8-7-15-36(43(71)62-32-18-19-32)63-48(76)40(26-31-28-60-34-14-6-5-13-33(31)34)67-45(73)37(17-10-24-59-51(55)56)64-47(75)39(25-30-11-3-2-4-12-30)66-46(74)38(20-21-52)65-49(41)77/h2-6,11-14,28,32,35-41,44-45,60,67-68,72-73H,7-10,15-27,52H2,1H3,(H,57,70)(H,61,69)(H,62,71)(H,63,76)(H,64,75)(H,65,77)(H,66,74)(H4,53,54,58)(H4,55,56,59)/t35-,36-,37-,38-,39+,40-,41-,44?,45?/m0/s1. The highest BCUT2D eigenvalue weighted by Crippen LogP contribution is 2.21. The Balaban J connectivity index is 1.52. The molecule has 7 amide bonds. The van der Waals surface area contributed by atoms with Gasteiger partial charge in [0.25, 0.3) is 0 Å². The van der Waals surface area contributed by atoms with Crippen molar-refractivity contribution >= 4 is 64.2 Å². The predicted molar refractivity (Wildman–Crippen MR) is 289 cm³/mol. The lowest BCUT2D eigenvalue weighted by Crippen LogP contribution is -2.62. The number of nitrogens with one attached hydrogen (secondary N) is 10. The zero-order valence-corrected chi connectivity index (χ0v) is 43.6. The lowest BCUT2D eigenvalue weighted by atomic mass is 10.0. The first-order chi connectivity index (χ1) is 36.9. The molecule has 0 spiro atoms. The quantitative estimate of drug-likeness (QED) is 0.0225. The molecule has 422 valence electrons. The van der Waals surface area contributed by atoms with Crippen molar-refractivity contribution in [2.24, 2.45) is 38.7 Å². The summed E-state index contributed by atoms with van der Waals surface area (Å²) < 4.78 is 0. The van der Waals surface area contributed by atoms with Crippen LogP contribution in [-0.4, -0.2) is 155 Å². The first-order valence-corrected chi connectivity index (χ1v) is 26.2. The average molecular weight is 1070 g/mol. The first-order valence-electron chi connectivity index (χ1n) is 26.2. The van der Waals surface area contributed by atoms with E-state index in [0.29, 0.717) is 24.8 Å². The van der Waals surface area contributed by atoms with Gasteiger partial charge in [0.1, 0.15) is 30.6 Å². The average Bonchev–Trinajstić information content (AvgIpc) is 4.12. The molecule has 1 saturated carbocycles. The summed E-state index contributed by atoms with van der Waals surface area (Å²) in [5.41, 5.74) is 30.3. The molecule has 3 aromatic rings. The van der Waals surface area contributed by atoms with Crippen LogP contribution in [0.15, 0.2) is 70.8 Å². The smallest absolute Gasteiger partial charge is 0.243 e. The van der Waals surface area contributed by atoms with Gasteiger partial charge in [-0.3, -0.25) is 54.2 Å². The number of aliphatic imine (C=N–C) groups is 2. The second-order valence-electron chi connectivity index (χ2n) is 19.5. The van der Waals surface area contributed by atoms with Crippen LogP contribution in [0.3, 0.4) is 0 Å². The molecule has 5 rings (SSSR count). The first kappa shape index (κ1) is 60.5. The highest BCUT2D eigenvalue weighted by atomic mass is 16.3. The maximum absolute atomic E-state index is 14.7. The number of rotatable bonds is 20. The number of nitrogens with zero attached hydrogens (tertiary/aromatic N) is 2. The number of fused-ring (bicyclic) bond motifs is 1. The summed E-state index contributed by atoms with van der Waals surface area (Å²) in [7, 11) is 0. The minimum atomic E-state index is -1.62. The maximum Gasteiger partial charge on any atom is 0.243 e. The number of aromatic nitrogens is 1. The highest BCUT2D eigenvalue weighted by Gasteiger charge is 2.36. The van der Waals surface area contributed by atoms with Crippen LogP contribution in [-0.2, 0) is 46.4 Å². The fourth-order valence-corrected chi connectivity index (χ4v) is 8.89. The number of aliphatic hydroxyl groups is 2. The van der Waals surface area contributed by atoms with Crippen LogP contribution < -0.4 is 76.5 Å². The van der Waals surface area contributed by atoms with Gasteiger partial charge in [-0.25, -0.2) is 0 Å². The van der Waals surface area contributed by atoms with Gasteiger partial charge in [0.05, 0.1) is 30.6 Å². The molecule has 0 radical (unpaired) electrons. The van der Waals surface area contributed by atoms with Crippen molar-refractivity contribution < 1.29 is 43.8 Å². The van der Waals surface area contributed by atoms with Crippen LogP contribution in [0.5, 0.6) is 0 Å². The SMILES string of the molecule is CC(=O)N[C@@H](CCCN=C(N)N)C(O)N[C@H]1CC(=O)NCCCC[C@@H](C(=O)NC2CC2)NC(=O)[C@H](Cc2c[nH]c3ccccc23)NC(O)[C@H](CCCN=C(N)N)NC(=O)[C@@H](Cc2ccccc2)NC(=O)[C@H](CCN)NC1=O. The molecule has 1 saturated heterocycles. The molecule has 1 aromatic heterocycles. The topological polar surface area (TPSA) is 439 Å². The minimum absolute atomic E-state index is 0.0334. The van der Waals surface area contributed by atoms with Crippen molar-refractivity contribution in [3.63, 3.8) is 0 Å². The largest absolute Gasteiger partial charge is 0.376 e. The monoisotopic (exact) mass is 1070 g/mol. The zero-order valence-electron chi connectivity index (χ0n) is 43.6. The predicted octanol–water partition coefficient (Wildman–Crippen LogP) is -3.63. The van der Waals surface area contributed by atoms with Crippen molar-refractivity contribution in [1.29, 1.82) is 0 Å². The number of benzene rings is 2. The molecule has 0 bridgehead atoms. The van der Waals surface area contributed by atoms with Gasteiger partial charge in [-0.2, -0.15) is 0 Å². The third-order valence-electron chi connectivity index (χ3n) is 13.1. The van der Waals surface area contributed by atoms with Gasteiger partial charge < -0.3 is 81.1 Å². The van der Waals surface area contributed by atoms with Crippen molar-refractivity contribution in [3.05, 3.63) is 71.9 Å². The van der Waals surface area contributed by atoms with Gasteiger partial charge in [0.2, 0.25) is 41.4 Å². The Morgan fingerprint density at radius 1 is 0.766 bits per heavy atom. The molecular formula is C51H79N17O9. The van der Waals surface area contributed by atoms with E-state index in [9.17, 15) is 43.8 Å². The van der Waals surface area contributed by atoms with Crippen LogP contribution in [0.1, 0.15) is 88.7 Å². The second kappa shape index (κ2) is 31.0. The third kappa shape index (κ3) is 20.9. The molecule has 2 aliphatic rings. The molecule has 26 heteroatoms. The molecule has 2 fully saturated rings. The molecule has 2 heterocycles. The molecule has 2 aromatic carbocycles. The Hall–Kier alpha value is -7.39. The molecular weight excluding hydrogens is 995 g/mol. The summed E-state index contributed by atoms with van der Waals surface area (Å²) in [6.07, 6.45) is 0.973. The van der Waals surface area contributed by atoms with Crippen LogP contribution in [0.25, 0.3) is 10.9 Å². The Labute approximate surface area is 447 Å². The number of carbonyl (C=O) groups excluding carboxylic acids is 7. The van der Waals surface area contributed by atoms with E-state index in [2.05, 4.69) is 62.8 Å². The fourth-order valence-electron chi connectivity index (χ4n) is 8.89. The van der Waals surface area contributed by atoms with Crippen molar-refractivity contribution in [2.45, 2.75) is 151 Å². The molecule has 22 N–H and O–H groups in total. The number of aromatic amines is 1. The molecule has 1 aliphatic carbocycles. The van der Waals surface area contributed by atoms with Gasteiger partial charge in [-0.15, -0.1) is 0 Å². The van der Waals surface area contributed by atoms with E-state index in [1.54, 1.807) is 36.5 Å².